The minimum Gasteiger partial charge on any atom is -0.354 e. The fraction of sp³-hybridized carbons (Fsp3) is 0.688. The van der Waals surface area contributed by atoms with E-state index in [4.69, 9.17) is 11.6 Å². The summed E-state index contributed by atoms with van der Waals surface area (Å²) in [5.74, 6) is 1.89. The number of aromatic nitrogens is 1. The van der Waals surface area contributed by atoms with Gasteiger partial charge in [0.05, 0.1) is 5.02 Å². The molecule has 0 bridgehead atoms. The lowest BCUT2D eigenvalue weighted by atomic mass is 9.93. The highest BCUT2D eigenvalue weighted by Gasteiger charge is 2.24. The lowest BCUT2D eigenvalue weighted by Crippen LogP contribution is -2.40. The highest BCUT2D eigenvalue weighted by atomic mass is 35.5. The molecule has 1 aromatic heterocycles. The average molecular weight is 296 g/mol. The van der Waals surface area contributed by atoms with Gasteiger partial charge in [0, 0.05) is 25.3 Å². The van der Waals surface area contributed by atoms with Crippen LogP contribution in [0.1, 0.15) is 45.6 Å². The van der Waals surface area contributed by atoms with Crippen molar-refractivity contribution < 1.29 is 0 Å². The van der Waals surface area contributed by atoms with Crippen molar-refractivity contribution in [2.24, 2.45) is 5.92 Å². The molecule has 1 N–H and O–H groups in total. The van der Waals surface area contributed by atoms with E-state index in [1.807, 2.05) is 0 Å². The Hall–Kier alpha value is -0.800. The quantitative estimate of drug-likeness (QED) is 0.836. The first-order chi connectivity index (χ1) is 9.61. The number of nitrogens with zero attached hydrogens (tertiary/aromatic N) is 2. The number of pyridine rings is 1. The SMILES string of the molecule is CCCNCc1cc(N2CCC(C)CC2C)ncc1Cl. The first-order valence-electron chi connectivity index (χ1n) is 7.73. The Kier molecular flexibility index (Phi) is 5.67. The summed E-state index contributed by atoms with van der Waals surface area (Å²) in [7, 11) is 0. The standard InChI is InChI=1S/C16H26ClN3/c1-4-6-18-10-14-9-16(19-11-15(14)17)20-7-5-12(2)8-13(20)3/h9,11-13,18H,4-8,10H2,1-3H3. The van der Waals surface area contributed by atoms with Crippen molar-refractivity contribution in [3.05, 3.63) is 22.8 Å². The number of hydrogen-bond acceptors (Lipinski definition) is 3. The monoisotopic (exact) mass is 295 g/mol. The molecule has 1 aromatic rings. The maximum atomic E-state index is 6.25. The van der Waals surface area contributed by atoms with E-state index in [9.17, 15) is 0 Å². The van der Waals surface area contributed by atoms with Gasteiger partial charge in [0.1, 0.15) is 5.82 Å². The van der Waals surface area contributed by atoms with Gasteiger partial charge in [-0.25, -0.2) is 4.98 Å². The van der Waals surface area contributed by atoms with Crippen LogP contribution >= 0.6 is 11.6 Å². The van der Waals surface area contributed by atoms with Crippen LogP contribution < -0.4 is 10.2 Å². The van der Waals surface area contributed by atoms with Crippen LogP contribution in [0.2, 0.25) is 5.02 Å². The molecule has 0 saturated carbocycles. The number of halogens is 1. The first kappa shape index (κ1) is 15.6. The molecule has 2 heterocycles. The van der Waals surface area contributed by atoms with Crippen LogP contribution in [-0.4, -0.2) is 24.1 Å². The van der Waals surface area contributed by atoms with Gasteiger partial charge in [0.2, 0.25) is 0 Å². The van der Waals surface area contributed by atoms with Gasteiger partial charge in [-0.3, -0.25) is 0 Å². The van der Waals surface area contributed by atoms with Crippen LogP contribution in [0.15, 0.2) is 12.3 Å². The van der Waals surface area contributed by atoms with E-state index < -0.39 is 0 Å². The van der Waals surface area contributed by atoms with Gasteiger partial charge in [-0.2, -0.15) is 0 Å². The van der Waals surface area contributed by atoms with E-state index in [-0.39, 0.29) is 0 Å². The Labute approximate surface area is 127 Å². The Morgan fingerprint density at radius 1 is 1.45 bits per heavy atom. The molecule has 4 heteroatoms. The second-order valence-corrected chi connectivity index (χ2v) is 6.39. The summed E-state index contributed by atoms with van der Waals surface area (Å²) in [5.41, 5.74) is 1.15. The highest BCUT2D eigenvalue weighted by molar-refractivity contribution is 6.31. The molecule has 0 amide bonds. The van der Waals surface area contributed by atoms with E-state index in [0.29, 0.717) is 6.04 Å². The van der Waals surface area contributed by atoms with Gasteiger partial charge >= 0.3 is 0 Å². The molecule has 112 valence electrons. The van der Waals surface area contributed by atoms with Crippen LogP contribution in [0.4, 0.5) is 5.82 Å². The fourth-order valence-electron chi connectivity index (χ4n) is 2.91. The van der Waals surface area contributed by atoms with Crippen LogP contribution in [0, 0.1) is 5.92 Å². The highest BCUT2D eigenvalue weighted by Crippen LogP contribution is 2.28. The molecule has 1 fully saturated rings. The lowest BCUT2D eigenvalue weighted by molar-refractivity contribution is 0.376. The zero-order chi connectivity index (χ0) is 14.5. The maximum Gasteiger partial charge on any atom is 0.129 e. The van der Waals surface area contributed by atoms with Crippen molar-refractivity contribution in [2.75, 3.05) is 18.0 Å². The van der Waals surface area contributed by atoms with Gasteiger partial charge in [-0.05, 0) is 50.3 Å². The number of anilines is 1. The first-order valence-corrected chi connectivity index (χ1v) is 8.11. The van der Waals surface area contributed by atoms with Crippen molar-refractivity contribution in [3.63, 3.8) is 0 Å². The average Bonchev–Trinajstić information content (AvgIpc) is 2.41. The molecule has 0 aliphatic carbocycles. The molecule has 0 spiro atoms. The van der Waals surface area contributed by atoms with Crippen molar-refractivity contribution in [1.29, 1.82) is 0 Å². The molecule has 1 aliphatic rings. The molecule has 3 nitrogen and oxygen atoms in total. The number of piperidine rings is 1. The second kappa shape index (κ2) is 7.28. The number of nitrogens with one attached hydrogen (secondary N) is 1. The van der Waals surface area contributed by atoms with Crippen molar-refractivity contribution in [3.8, 4) is 0 Å². The number of hydrogen-bond donors (Lipinski definition) is 1. The van der Waals surface area contributed by atoms with E-state index in [1.54, 1.807) is 6.20 Å². The summed E-state index contributed by atoms with van der Waals surface area (Å²) >= 11 is 6.25. The van der Waals surface area contributed by atoms with Gasteiger partial charge in [0.15, 0.2) is 0 Å². The Balaban J connectivity index is 2.10. The molecule has 2 unspecified atom stereocenters. The molecular formula is C16H26ClN3. The smallest absolute Gasteiger partial charge is 0.129 e. The molecule has 20 heavy (non-hydrogen) atoms. The third kappa shape index (κ3) is 3.86. The summed E-state index contributed by atoms with van der Waals surface area (Å²) in [5, 5.41) is 4.17. The topological polar surface area (TPSA) is 28.2 Å². The molecule has 1 aliphatic heterocycles. The normalized spacial score (nSPS) is 23.1. The maximum absolute atomic E-state index is 6.25. The largest absolute Gasteiger partial charge is 0.354 e. The zero-order valence-electron chi connectivity index (χ0n) is 12.8. The summed E-state index contributed by atoms with van der Waals surface area (Å²) < 4.78 is 0. The fourth-order valence-corrected chi connectivity index (χ4v) is 3.08. The zero-order valence-corrected chi connectivity index (χ0v) is 13.6. The van der Waals surface area contributed by atoms with E-state index in [2.05, 4.69) is 42.0 Å². The molecular weight excluding hydrogens is 270 g/mol. The molecule has 1 saturated heterocycles. The van der Waals surface area contributed by atoms with Gasteiger partial charge in [-0.15, -0.1) is 0 Å². The Morgan fingerprint density at radius 3 is 2.95 bits per heavy atom. The second-order valence-electron chi connectivity index (χ2n) is 5.98. The summed E-state index contributed by atoms with van der Waals surface area (Å²) in [6.07, 6.45) is 5.42. The molecule has 0 radical (unpaired) electrons. The number of rotatable bonds is 5. The van der Waals surface area contributed by atoms with Crippen LogP contribution in [0.3, 0.4) is 0 Å². The van der Waals surface area contributed by atoms with Crippen LogP contribution in [0.25, 0.3) is 0 Å². The Morgan fingerprint density at radius 2 is 2.25 bits per heavy atom. The predicted octanol–water partition coefficient (Wildman–Crippen LogP) is 3.86. The van der Waals surface area contributed by atoms with Gasteiger partial charge in [-0.1, -0.05) is 25.4 Å². The minimum absolute atomic E-state index is 0.559. The minimum atomic E-state index is 0.559. The summed E-state index contributed by atoms with van der Waals surface area (Å²) in [4.78, 5) is 6.95. The molecule has 2 atom stereocenters. The van der Waals surface area contributed by atoms with Crippen molar-refractivity contribution in [1.82, 2.24) is 10.3 Å². The predicted molar refractivity (Wildman–Crippen MR) is 86.5 cm³/mol. The summed E-state index contributed by atoms with van der Waals surface area (Å²) in [6.45, 7) is 9.73. The van der Waals surface area contributed by atoms with Crippen molar-refractivity contribution >= 4 is 17.4 Å². The third-order valence-corrected chi connectivity index (χ3v) is 4.44. The summed E-state index contributed by atoms with van der Waals surface area (Å²) in [6, 6.07) is 2.71. The van der Waals surface area contributed by atoms with E-state index in [1.165, 1.54) is 12.8 Å². The lowest BCUT2D eigenvalue weighted by Gasteiger charge is -2.37. The van der Waals surface area contributed by atoms with Crippen LogP contribution in [0.5, 0.6) is 0 Å². The molecule has 2 rings (SSSR count). The molecule has 0 aromatic carbocycles. The van der Waals surface area contributed by atoms with Gasteiger partial charge in [0.25, 0.3) is 0 Å². The van der Waals surface area contributed by atoms with Crippen LogP contribution in [-0.2, 0) is 6.54 Å². The van der Waals surface area contributed by atoms with E-state index in [0.717, 1.165) is 48.4 Å². The van der Waals surface area contributed by atoms with Gasteiger partial charge < -0.3 is 10.2 Å². The van der Waals surface area contributed by atoms with E-state index >= 15 is 0 Å². The third-order valence-electron chi connectivity index (χ3n) is 4.10. The van der Waals surface area contributed by atoms with Crippen molar-refractivity contribution in [2.45, 2.75) is 52.6 Å². The Bertz CT molecular complexity index is 436.